The Morgan fingerprint density at radius 3 is 2.84 bits per heavy atom. The third kappa shape index (κ3) is 5.06. The topological polar surface area (TPSA) is 96.2 Å². The van der Waals surface area contributed by atoms with Crippen molar-refractivity contribution in [1.29, 1.82) is 0 Å². The molecule has 1 saturated heterocycles. The van der Waals surface area contributed by atoms with Crippen molar-refractivity contribution in [1.82, 2.24) is 5.32 Å². The standard InChI is InChI=1S/C12H20N4O2S/c13-19(17,18)16-12-5-1-4-11(7-12)15-9-10-3-2-6-14-8-10/h1,4-5,7,10,14-16H,2-3,6,8-9H2,(H2,13,17,18). The summed E-state index contributed by atoms with van der Waals surface area (Å²) in [5.41, 5.74) is 1.36. The van der Waals surface area contributed by atoms with Crippen LogP contribution in [0.1, 0.15) is 12.8 Å². The lowest BCUT2D eigenvalue weighted by molar-refractivity contribution is 0.393. The minimum absolute atomic E-state index is 0.467. The van der Waals surface area contributed by atoms with E-state index in [1.165, 1.54) is 12.8 Å². The Hall–Kier alpha value is -1.31. The molecule has 19 heavy (non-hydrogen) atoms. The Bertz CT molecular complexity index is 512. The molecule has 0 aromatic heterocycles. The van der Waals surface area contributed by atoms with E-state index < -0.39 is 10.2 Å². The molecule has 0 bridgehead atoms. The smallest absolute Gasteiger partial charge is 0.296 e. The Morgan fingerprint density at radius 1 is 1.37 bits per heavy atom. The number of rotatable bonds is 5. The Balaban J connectivity index is 1.91. The highest BCUT2D eigenvalue weighted by molar-refractivity contribution is 7.90. The van der Waals surface area contributed by atoms with Gasteiger partial charge in [-0.2, -0.15) is 8.42 Å². The summed E-state index contributed by atoms with van der Waals surface area (Å²) in [7, 11) is -3.72. The molecule has 1 fully saturated rings. The first-order chi connectivity index (χ1) is 9.03. The average Bonchev–Trinajstić information content (AvgIpc) is 2.36. The lowest BCUT2D eigenvalue weighted by Gasteiger charge is -2.23. The van der Waals surface area contributed by atoms with E-state index in [0.717, 1.165) is 25.3 Å². The van der Waals surface area contributed by atoms with Crippen LogP contribution in [0.5, 0.6) is 0 Å². The molecule has 0 spiro atoms. The quantitative estimate of drug-likeness (QED) is 0.640. The summed E-state index contributed by atoms with van der Waals surface area (Å²) in [6.45, 7) is 3.01. The second-order valence-corrected chi connectivity index (χ2v) is 6.12. The van der Waals surface area contributed by atoms with E-state index >= 15 is 0 Å². The second kappa shape index (κ2) is 6.23. The molecule has 106 valence electrons. The summed E-state index contributed by atoms with van der Waals surface area (Å²) < 4.78 is 24.2. The van der Waals surface area contributed by atoms with Gasteiger partial charge in [0.1, 0.15) is 0 Å². The Morgan fingerprint density at radius 2 is 2.16 bits per heavy atom. The molecule has 0 radical (unpaired) electrons. The fraction of sp³-hybridized carbons (Fsp3) is 0.500. The first-order valence-electron chi connectivity index (χ1n) is 6.38. The Kier molecular flexibility index (Phi) is 4.62. The van der Waals surface area contributed by atoms with E-state index in [1.807, 2.05) is 6.07 Å². The maximum absolute atomic E-state index is 11.0. The fourth-order valence-corrected chi connectivity index (χ4v) is 2.67. The van der Waals surface area contributed by atoms with E-state index in [0.29, 0.717) is 11.6 Å². The normalized spacial score (nSPS) is 19.9. The lowest BCUT2D eigenvalue weighted by atomic mass is 10.00. The maximum Gasteiger partial charge on any atom is 0.296 e. The van der Waals surface area contributed by atoms with Gasteiger partial charge >= 0.3 is 0 Å². The van der Waals surface area contributed by atoms with Crippen molar-refractivity contribution in [3.63, 3.8) is 0 Å². The maximum atomic E-state index is 11.0. The molecule has 1 atom stereocenters. The highest BCUT2D eigenvalue weighted by atomic mass is 32.2. The SMILES string of the molecule is NS(=O)(=O)Nc1cccc(NCC2CCCNC2)c1. The molecule has 1 aliphatic heterocycles. The highest BCUT2D eigenvalue weighted by Crippen LogP contribution is 2.17. The zero-order valence-corrected chi connectivity index (χ0v) is 11.5. The largest absolute Gasteiger partial charge is 0.385 e. The van der Waals surface area contributed by atoms with E-state index in [2.05, 4.69) is 15.4 Å². The van der Waals surface area contributed by atoms with Gasteiger partial charge in [0.25, 0.3) is 10.2 Å². The predicted octanol–water partition coefficient (Wildman–Crippen LogP) is 0.713. The van der Waals surface area contributed by atoms with Crippen molar-refractivity contribution < 1.29 is 8.42 Å². The third-order valence-corrected chi connectivity index (χ3v) is 3.64. The number of hydrogen-bond acceptors (Lipinski definition) is 4. The number of anilines is 2. The molecule has 1 aromatic carbocycles. The molecule has 2 rings (SSSR count). The number of benzene rings is 1. The minimum atomic E-state index is -3.72. The molecule has 5 N–H and O–H groups in total. The molecule has 0 saturated carbocycles. The zero-order valence-electron chi connectivity index (χ0n) is 10.7. The van der Waals surface area contributed by atoms with Crippen LogP contribution in [0.3, 0.4) is 0 Å². The van der Waals surface area contributed by atoms with Crippen LogP contribution in [0.4, 0.5) is 11.4 Å². The van der Waals surface area contributed by atoms with Crippen molar-refractivity contribution in [3.8, 4) is 0 Å². The van der Waals surface area contributed by atoms with Crippen LogP contribution in [-0.4, -0.2) is 28.1 Å². The van der Waals surface area contributed by atoms with Gasteiger partial charge in [0.2, 0.25) is 0 Å². The monoisotopic (exact) mass is 284 g/mol. The van der Waals surface area contributed by atoms with Gasteiger partial charge in [0.15, 0.2) is 0 Å². The van der Waals surface area contributed by atoms with Crippen LogP contribution < -0.4 is 20.5 Å². The van der Waals surface area contributed by atoms with Crippen LogP contribution in [0.25, 0.3) is 0 Å². The molecular formula is C12H20N4O2S. The summed E-state index contributed by atoms with van der Waals surface area (Å²) >= 11 is 0. The van der Waals surface area contributed by atoms with Gasteiger partial charge in [-0.05, 0) is 50.0 Å². The molecule has 0 amide bonds. The molecule has 1 unspecified atom stereocenters. The summed E-state index contributed by atoms with van der Waals surface area (Å²) in [5.74, 6) is 0.614. The molecule has 1 aliphatic rings. The van der Waals surface area contributed by atoms with E-state index in [-0.39, 0.29) is 0 Å². The number of nitrogens with two attached hydrogens (primary N) is 1. The molecule has 0 aliphatic carbocycles. The van der Waals surface area contributed by atoms with Gasteiger partial charge in [-0.1, -0.05) is 6.07 Å². The molecule has 7 heteroatoms. The van der Waals surface area contributed by atoms with Crippen LogP contribution >= 0.6 is 0 Å². The first-order valence-corrected chi connectivity index (χ1v) is 7.93. The highest BCUT2D eigenvalue weighted by Gasteiger charge is 2.12. The van der Waals surface area contributed by atoms with Crippen LogP contribution in [0, 0.1) is 5.92 Å². The van der Waals surface area contributed by atoms with Gasteiger partial charge in [0, 0.05) is 12.2 Å². The van der Waals surface area contributed by atoms with Crippen LogP contribution in [-0.2, 0) is 10.2 Å². The van der Waals surface area contributed by atoms with Gasteiger partial charge < -0.3 is 10.6 Å². The zero-order chi connectivity index (χ0) is 13.7. The first kappa shape index (κ1) is 14.1. The van der Waals surface area contributed by atoms with Gasteiger partial charge in [-0.15, -0.1) is 0 Å². The number of nitrogens with one attached hydrogen (secondary N) is 3. The summed E-state index contributed by atoms with van der Waals surface area (Å²) in [6.07, 6.45) is 2.43. The lowest BCUT2D eigenvalue weighted by Crippen LogP contribution is -2.33. The van der Waals surface area contributed by atoms with E-state index in [9.17, 15) is 8.42 Å². The van der Waals surface area contributed by atoms with Gasteiger partial charge in [-0.3, -0.25) is 4.72 Å². The van der Waals surface area contributed by atoms with Gasteiger partial charge in [0.05, 0.1) is 5.69 Å². The average molecular weight is 284 g/mol. The van der Waals surface area contributed by atoms with Crippen molar-refractivity contribution in [2.45, 2.75) is 12.8 Å². The van der Waals surface area contributed by atoms with Crippen LogP contribution in [0.15, 0.2) is 24.3 Å². The molecule has 1 heterocycles. The Labute approximate surface area is 114 Å². The van der Waals surface area contributed by atoms with E-state index in [4.69, 9.17) is 5.14 Å². The predicted molar refractivity (Wildman–Crippen MR) is 77.3 cm³/mol. The number of hydrogen-bond donors (Lipinski definition) is 4. The summed E-state index contributed by atoms with van der Waals surface area (Å²) in [6, 6.07) is 7.10. The summed E-state index contributed by atoms with van der Waals surface area (Å²) in [4.78, 5) is 0. The second-order valence-electron chi connectivity index (χ2n) is 4.82. The van der Waals surface area contributed by atoms with E-state index in [1.54, 1.807) is 18.2 Å². The third-order valence-electron chi connectivity index (χ3n) is 3.12. The van der Waals surface area contributed by atoms with Crippen molar-refractivity contribution in [3.05, 3.63) is 24.3 Å². The molecule has 1 aromatic rings. The van der Waals surface area contributed by atoms with Crippen molar-refractivity contribution >= 4 is 21.6 Å². The summed E-state index contributed by atoms with van der Waals surface area (Å²) in [5, 5.41) is 11.6. The van der Waals surface area contributed by atoms with Crippen molar-refractivity contribution in [2.75, 3.05) is 29.7 Å². The molecule has 6 nitrogen and oxygen atoms in total. The number of piperidine rings is 1. The van der Waals surface area contributed by atoms with Crippen molar-refractivity contribution in [2.24, 2.45) is 11.1 Å². The molecular weight excluding hydrogens is 264 g/mol. The van der Waals surface area contributed by atoms with Gasteiger partial charge in [-0.25, -0.2) is 5.14 Å². The fourth-order valence-electron chi connectivity index (χ4n) is 2.22. The minimum Gasteiger partial charge on any atom is -0.385 e. The van der Waals surface area contributed by atoms with Crippen LogP contribution in [0.2, 0.25) is 0 Å².